The fourth-order valence-electron chi connectivity index (χ4n) is 3.04. The van der Waals surface area contributed by atoms with Gasteiger partial charge in [-0.15, -0.1) is 0 Å². The fourth-order valence-corrected chi connectivity index (χ4v) is 4.27. The second kappa shape index (κ2) is 5.19. The summed E-state index contributed by atoms with van der Waals surface area (Å²) in [5.41, 5.74) is 4.21. The third-order valence-corrected chi connectivity index (χ3v) is 5.37. The summed E-state index contributed by atoms with van der Waals surface area (Å²) in [7, 11) is 0. The van der Waals surface area contributed by atoms with Gasteiger partial charge in [0.15, 0.2) is 0 Å². The zero-order valence-electron chi connectivity index (χ0n) is 11.6. The molecule has 1 aliphatic rings. The Morgan fingerprint density at radius 2 is 1.65 bits per heavy atom. The van der Waals surface area contributed by atoms with E-state index in [1.165, 1.54) is 11.1 Å². The lowest BCUT2D eigenvalue weighted by Gasteiger charge is -2.30. The number of benzene rings is 2. The van der Waals surface area contributed by atoms with E-state index in [1.54, 1.807) is 0 Å². The Bertz CT molecular complexity index is 629. The minimum absolute atomic E-state index is 0.207. The minimum Gasteiger partial charge on any atom is -0.376 e. The van der Waals surface area contributed by atoms with Crippen LogP contribution in [0.5, 0.6) is 0 Å². The predicted octanol–water partition coefficient (Wildman–Crippen LogP) is 5.95. The van der Waals surface area contributed by atoms with Crippen LogP contribution < -0.4 is 5.32 Å². The van der Waals surface area contributed by atoms with Gasteiger partial charge in [0.25, 0.3) is 0 Å². The summed E-state index contributed by atoms with van der Waals surface area (Å²) in [6.45, 7) is 4.66. The summed E-state index contributed by atoms with van der Waals surface area (Å²) >= 11 is 7.28. The van der Waals surface area contributed by atoms with Gasteiger partial charge in [0.05, 0.1) is 11.7 Å². The van der Waals surface area contributed by atoms with Crippen LogP contribution in [0.4, 0.5) is 5.69 Å². The predicted molar refractivity (Wildman–Crippen MR) is 92.1 cm³/mol. The van der Waals surface area contributed by atoms with E-state index in [1.807, 2.05) is 6.07 Å². The summed E-state index contributed by atoms with van der Waals surface area (Å²) in [6, 6.07) is 15.2. The first-order valence-corrected chi connectivity index (χ1v) is 8.36. The maximum absolute atomic E-state index is 3.73. The topological polar surface area (TPSA) is 12.0 Å². The molecule has 104 valence electrons. The Labute approximate surface area is 137 Å². The van der Waals surface area contributed by atoms with E-state index in [0.717, 1.165) is 21.1 Å². The molecule has 2 aromatic rings. The van der Waals surface area contributed by atoms with Crippen molar-refractivity contribution < 1.29 is 0 Å². The van der Waals surface area contributed by atoms with Gasteiger partial charge < -0.3 is 5.32 Å². The summed E-state index contributed by atoms with van der Waals surface area (Å²) < 4.78 is 2.18. The van der Waals surface area contributed by atoms with Gasteiger partial charge >= 0.3 is 0 Å². The molecule has 0 bridgehead atoms. The number of anilines is 1. The van der Waals surface area contributed by atoms with Crippen molar-refractivity contribution in [1.82, 2.24) is 0 Å². The van der Waals surface area contributed by atoms with Gasteiger partial charge in [0.2, 0.25) is 0 Å². The monoisotopic (exact) mass is 393 g/mol. The number of hydrogen-bond acceptors (Lipinski definition) is 1. The SMILES string of the molecule is CC1(C)Cc2ccccc2C1Nc1c(Br)cccc1Br. The number of rotatable bonds is 2. The number of para-hydroxylation sites is 1. The van der Waals surface area contributed by atoms with Crippen molar-refractivity contribution in [1.29, 1.82) is 0 Å². The van der Waals surface area contributed by atoms with Crippen molar-refractivity contribution in [2.24, 2.45) is 5.41 Å². The highest BCUT2D eigenvalue weighted by Gasteiger charge is 2.39. The Balaban J connectivity index is 2.02. The van der Waals surface area contributed by atoms with Gasteiger partial charge in [-0.2, -0.15) is 0 Å². The van der Waals surface area contributed by atoms with E-state index in [4.69, 9.17) is 0 Å². The lowest BCUT2D eigenvalue weighted by molar-refractivity contribution is 0.337. The number of fused-ring (bicyclic) bond motifs is 1. The minimum atomic E-state index is 0.207. The maximum Gasteiger partial charge on any atom is 0.0633 e. The van der Waals surface area contributed by atoms with Crippen molar-refractivity contribution in [3.8, 4) is 0 Å². The molecule has 0 fully saturated rings. The largest absolute Gasteiger partial charge is 0.376 e. The molecule has 3 rings (SSSR count). The van der Waals surface area contributed by atoms with Crippen LogP contribution in [0.1, 0.15) is 31.0 Å². The lowest BCUT2D eigenvalue weighted by atomic mass is 9.85. The first-order valence-electron chi connectivity index (χ1n) is 6.77. The molecule has 0 spiro atoms. The molecule has 0 radical (unpaired) electrons. The third kappa shape index (κ3) is 2.42. The number of hydrogen-bond donors (Lipinski definition) is 1. The summed E-state index contributed by atoms with van der Waals surface area (Å²) in [4.78, 5) is 0. The second-order valence-corrected chi connectivity index (χ2v) is 7.75. The molecule has 1 unspecified atom stereocenters. The van der Waals surface area contributed by atoms with Crippen LogP contribution in [-0.2, 0) is 6.42 Å². The van der Waals surface area contributed by atoms with Gasteiger partial charge in [0, 0.05) is 8.95 Å². The van der Waals surface area contributed by atoms with Crippen LogP contribution in [0, 0.1) is 5.41 Å². The van der Waals surface area contributed by atoms with Crippen LogP contribution in [0.15, 0.2) is 51.4 Å². The molecule has 0 aromatic heterocycles. The van der Waals surface area contributed by atoms with E-state index >= 15 is 0 Å². The third-order valence-electron chi connectivity index (χ3n) is 4.05. The van der Waals surface area contributed by atoms with Gasteiger partial charge in [-0.05, 0) is 67.0 Å². The summed E-state index contributed by atoms with van der Waals surface area (Å²) in [6.07, 6.45) is 1.11. The standard InChI is InChI=1S/C17H17Br2N/c1-17(2)10-11-6-3-4-7-12(11)16(17)20-15-13(18)8-5-9-14(15)19/h3-9,16,20H,10H2,1-2H3. The molecule has 1 N–H and O–H groups in total. The molecule has 2 aromatic carbocycles. The summed E-state index contributed by atoms with van der Waals surface area (Å²) in [5.74, 6) is 0. The Kier molecular flexibility index (Phi) is 3.67. The average Bonchev–Trinajstić information content (AvgIpc) is 2.64. The molecule has 0 saturated heterocycles. The van der Waals surface area contributed by atoms with Crippen molar-refractivity contribution >= 4 is 37.5 Å². The lowest BCUT2D eigenvalue weighted by Crippen LogP contribution is -2.24. The molecule has 1 atom stereocenters. The smallest absolute Gasteiger partial charge is 0.0633 e. The summed E-state index contributed by atoms with van der Waals surface area (Å²) in [5, 5.41) is 3.73. The molecule has 1 aliphatic carbocycles. The normalized spacial score (nSPS) is 19.7. The highest BCUT2D eigenvalue weighted by molar-refractivity contribution is 9.11. The molecule has 1 nitrogen and oxygen atoms in total. The highest BCUT2D eigenvalue weighted by atomic mass is 79.9. The van der Waals surface area contributed by atoms with Crippen molar-refractivity contribution in [2.75, 3.05) is 5.32 Å². The first kappa shape index (κ1) is 14.2. The quantitative estimate of drug-likeness (QED) is 0.663. The van der Waals surface area contributed by atoms with Gasteiger partial charge in [0.1, 0.15) is 0 Å². The first-order chi connectivity index (χ1) is 9.49. The van der Waals surface area contributed by atoms with Crippen LogP contribution in [-0.4, -0.2) is 0 Å². The van der Waals surface area contributed by atoms with Crippen molar-refractivity contribution in [3.63, 3.8) is 0 Å². The van der Waals surface area contributed by atoms with Crippen LogP contribution >= 0.6 is 31.9 Å². The Morgan fingerprint density at radius 1 is 1.00 bits per heavy atom. The van der Waals surface area contributed by atoms with E-state index in [9.17, 15) is 0 Å². The van der Waals surface area contributed by atoms with Gasteiger partial charge in [-0.25, -0.2) is 0 Å². The molecule has 0 aliphatic heterocycles. The number of nitrogens with one attached hydrogen (secondary N) is 1. The zero-order chi connectivity index (χ0) is 14.3. The highest BCUT2D eigenvalue weighted by Crippen LogP contribution is 2.48. The fraction of sp³-hybridized carbons (Fsp3) is 0.294. The molecule has 3 heteroatoms. The zero-order valence-corrected chi connectivity index (χ0v) is 14.8. The molecule has 0 heterocycles. The molecule has 20 heavy (non-hydrogen) atoms. The Morgan fingerprint density at radius 3 is 2.35 bits per heavy atom. The van der Waals surface area contributed by atoms with Crippen molar-refractivity contribution in [2.45, 2.75) is 26.3 Å². The van der Waals surface area contributed by atoms with Gasteiger partial charge in [-0.1, -0.05) is 44.2 Å². The van der Waals surface area contributed by atoms with Crippen LogP contribution in [0.2, 0.25) is 0 Å². The van der Waals surface area contributed by atoms with E-state index in [-0.39, 0.29) is 5.41 Å². The maximum atomic E-state index is 3.73. The molecule has 0 amide bonds. The van der Waals surface area contributed by atoms with E-state index in [2.05, 4.69) is 87.4 Å². The molecule has 0 saturated carbocycles. The average molecular weight is 395 g/mol. The Hall–Kier alpha value is -0.800. The van der Waals surface area contributed by atoms with Crippen molar-refractivity contribution in [3.05, 3.63) is 62.5 Å². The number of halogens is 2. The van der Waals surface area contributed by atoms with E-state index < -0.39 is 0 Å². The van der Waals surface area contributed by atoms with Gasteiger partial charge in [-0.3, -0.25) is 0 Å². The van der Waals surface area contributed by atoms with Crippen LogP contribution in [0.3, 0.4) is 0 Å². The second-order valence-electron chi connectivity index (χ2n) is 6.04. The van der Waals surface area contributed by atoms with Crippen LogP contribution in [0.25, 0.3) is 0 Å². The molecular weight excluding hydrogens is 378 g/mol. The van der Waals surface area contributed by atoms with E-state index in [0.29, 0.717) is 6.04 Å². The molecular formula is C17H17Br2N.